The maximum Gasteiger partial charge on any atom is -0.00367 e. The minimum atomic E-state index is 0.293. The topological polar surface area (TPSA) is 26.0 Å². The Morgan fingerprint density at radius 3 is 2.14 bits per heavy atom. The third-order valence-electron chi connectivity index (χ3n) is 3.05. The van der Waals surface area contributed by atoms with Crippen LogP contribution in [0.5, 0.6) is 0 Å². The molecule has 0 fully saturated rings. The Labute approximate surface area is 87.3 Å². The fourth-order valence-electron chi connectivity index (χ4n) is 1.49. The average Bonchev–Trinajstić information content (AvgIpc) is 2.19. The van der Waals surface area contributed by atoms with Gasteiger partial charge in [-0.25, -0.2) is 0 Å². The van der Waals surface area contributed by atoms with Crippen molar-refractivity contribution in [2.24, 2.45) is 5.73 Å². The van der Waals surface area contributed by atoms with Crippen LogP contribution < -0.4 is 5.73 Å². The van der Waals surface area contributed by atoms with Crippen molar-refractivity contribution >= 4 is 0 Å². The molecule has 1 aromatic carbocycles. The van der Waals surface area contributed by atoms with E-state index in [9.17, 15) is 0 Å². The molecule has 0 saturated carbocycles. The zero-order chi connectivity index (χ0) is 10.6. The first-order valence-electron chi connectivity index (χ1n) is 5.39. The Morgan fingerprint density at radius 1 is 1.14 bits per heavy atom. The van der Waals surface area contributed by atoms with E-state index in [0.29, 0.717) is 5.41 Å². The number of hydrogen-bond acceptors (Lipinski definition) is 1. The van der Waals surface area contributed by atoms with E-state index >= 15 is 0 Å². The van der Waals surface area contributed by atoms with Gasteiger partial charge in [0.05, 0.1) is 0 Å². The van der Waals surface area contributed by atoms with Crippen molar-refractivity contribution in [3.05, 3.63) is 35.4 Å². The summed E-state index contributed by atoms with van der Waals surface area (Å²) in [6, 6.07) is 8.85. The third kappa shape index (κ3) is 2.58. The molecule has 1 nitrogen and oxygen atoms in total. The van der Waals surface area contributed by atoms with E-state index in [0.717, 1.165) is 13.0 Å². The molecule has 2 N–H and O–H groups in total. The van der Waals surface area contributed by atoms with Crippen molar-refractivity contribution in [1.82, 2.24) is 0 Å². The second-order valence-corrected chi connectivity index (χ2v) is 4.47. The lowest BCUT2D eigenvalue weighted by molar-refractivity contribution is 0.506. The minimum Gasteiger partial charge on any atom is -0.330 e. The molecular formula is C13H21N. The summed E-state index contributed by atoms with van der Waals surface area (Å²) in [4.78, 5) is 0. The summed E-state index contributed by atoms with van der Waals surface area (Å²) in [5.74, 6) is 0. The van der Waals surface area contributed by atoms with Gasteiger partial charge in [-0.2, -0.15) is 0 Å². The van der Waals surface area contributed by atoms with Crippen molar-refractivity contribution in [3.8, 4) is 0 Å². The summed E-state index contributed by atoms with van der Waals surface area (Å²) >= 11 is 0. The highest BCUT2D eigenvalue weighted by atomic mass is 14.5. The lowest BCUT2D eigenvalue weighted by Crippen LogP contribution is -2.15. The monoisotopic (exact) mass is 191 g/mol. The molecule has 0 radical (unpaired) electrons. The Kier molecular flexibility index (Phi) is 3.70. The summed E-state index contributed by atoms with van der Waals surface area (Å²) < 4.78 is 0. The van der Waals surface area contributed by atoms with Crippen LogP contribution in [-0.4, -0.2) is 6.54 Å². The number of nitrogens with two attached hydrogens (primary N) is 1. The van der Waals surface area contributed by atoms with Gasteiger partial charge < -0.3 is 5.73 Å². The molecule has 0 bridgehead atoms. The van der Waals surface area contributed by atoms with Gasteiger partial charge in [0.1, 0.15) is 0 Å². The average molecular weight is 191 g/mol. The lowest BCUT2D eigenvalue weighted by Gasteiger charge is -2.23. The number of benzene rings is 1. The third-order valence-corrected chi connectivity index (χ3v) is 3.05. The van der Waals surface area contributed by atoms with Crippen LogP contribution in [0.1, 0.15) is 38.3 Å². The quantitative estimate of drug-likeness (QED) is 0.778. The first kappa shape index (κ1) is 11.3. The Balaban J connectivity index is 2.82. The largest absolute Gasteiger partial charge is 0.330 e. The standard InChI is InChI=1S/C13H21N/c1-4-13(2,3)12-7-5-11(6-8-12)9-10-14/h5-8H,4,9-10,14H2,1-3H3. The summed E-state index contributed by atoms with van der Waals surface area (Å²) in [5.41, 5.74) is 8.56. The summed E-state index contributed by atoms with van der Waals surface area (Å²) in [7, 11) is 0. The summed E-state index contributed by atoms with van der Waals surface area (Å²) in [6.45, 7) is 7.53. The van der Waals surface area contributed by atoms with E-state index in [4.69, 9.17) is 5.73 Å². The molecule has 0 saturated heterocycles. The Bertz CT molecular complexity index is 272. The van der Waals surface area contributed by atoms with Crippen LogP contribution in [0.25, 0.3) is 0 Å². The van der Waals surface area contributed by atoms with E-state index < -0.39 is 0 Å². The molecule has 0 unspecified atom stereocenters. The normalized spacial score (nSPS) is 11.7. The van der Waals surface area contributed by atoms with E-state index in [2.05, 4.69) is 45.0 Å². The Morgan fingerprint density at radius 2 is 1.71 bits per heavy atom. The predicted molar refractivity (Wildman–Crippen MR) is 62.5 cm³/mol. The minimum absolute atomic E-state index is 0.293. The van der Waals surface area contributed by atoms with E-state index in [-0.39, 0.29) is 0 Å². The molecule has 1 heteroatoms. The fraction of sp³-hybridized carbons (Fsp3) is 0.538. The molecule has 0 spiro atoms. The van der Waals surface area contributed by atoms with Crippen LogP contribution >= 0.6 is 0 Å². The molecule has 0 aliphatic heterocycles. The van der Waals surface area contributed by atoms with Gasteiger partial charge >= 0.3 is 0 Å². The van der Waals surface area contributed by atoms with Gasteiger partial charge in [0.15, 0.2) is 0 Å². The van der Waals surface area contributed by atoms with Crippen molar-refractivity contribution in [2.75, 3.05) is 6.54 Å². The van der Waals surface area contributed by atoms with Crippen LogP contribution in [-0.2, 0) is 11.8 Å². The molecule has 0 aromatic heterocycles. The molecule has 0 heterocycles. The maximum atomic E-state index is 5.51. The molecule has 0 amide bonds. The van der Waals surface area contributed by atoms with Crippen molar-refractivity contribution in [1.29, 1.82) is 0 Å². The molecule has 1 aromatic rings. The Hall–Kier alpha value is -0.820. The van der Waals surface area contributed by atoms with Gasteiger partial charge in [-0.15, -0.1) is 0 Å². The lowest BCUT2D eigenvalue weighted by atomic mass is 9.82. The summed E-state index contributed by atoms with van der Waals surface area (Å²) in [5, 5.41) is 0. The first-order chi connectivity index (χ1) is 6.60. The van der Waals surface area contributed by atoms with Crippen molar-refractivity contribution < 1.29 is 0 Å². The van der Waals surface area contributed by atoms with Gasteiger partial charge in [-0.1, -0.05) is 45.0 Å². The first-order valence-corrected chi connectivity index (χ1v) is 5.39. The van der Waals surface area contributed by atoms with Gasteiger partial charge in [0.25, 0.3) is 0 Å². The molecule has 14 heavy (non-hydrogen) atoms. The smallest absolute Gasteiger partial charge is 0.00367 e. The highest BCUT2D eigenvalue weighted by Gasteiger charge is 2.17. The fourth-order valence-corrected chi connectivity index (χ4v) is 1.49. The number of rotatable bonds is 4. The maximum absolute atomic E-state index is 5.51. The zero-order valence-corrected chi connectivity index (χ0v) is 9.51. The SMILES string of the molecule is CCC(C)(C)c1ccc(CCN)cc1. The van der Waals surface area contributed by atoms with E-state index in [1.165, 1.54) is 17.5 Å². The van der Waals surface area contributed by atoms with Crippen LogP contribution in [0.3, 0.4) is 0 Å². The van der Waals surface area contributed by atoms with E-state index in [1.54, 1.807) is 0 Å². The van der Waals surface area contributed by atoms with Gasteiger partial charge in [0.2, 0.25) is 0 Å². The van der Waals surface area contributed by atoms with Gasteiger partial charge in [-0.05, 0) is 35.9 Å². The summed E-state index contributed by atoms with van der Waals surface area (Å²) in [6.07, 6.45) is 2.15. The highest BCUT2D eigenvalue weighted by Crippen LogP contribution is 2.26. The molecule has 0 aliphatic carbocycles. The van der Waals surface area contributed by atoms with Crippen LogP contribution in [0.15, 0.2) is 24.3 Å². The highest BCUT2D eigenvalue weighted by molar-refractivity contribution is 5.28. The van der Waals surface area contributed by atoms with Crippen molar-refractivity contribution in [3.63, 3.8) is 0 Å². The van der Waals surface area contributed by atoms with Crippen LogP contribution in [0, 0.1) is 0 Å². The van der Waals surface area contributed by atoms with Crippen LogP contribution in [0.4, 0.5) is 0 Å². The molecule has 1 rings (SSSR count). The molecule has 0 atom stereocenters. The molecule has 0 aliphatic rings. The molecular weight excluding hydrogens is 170 g/mol. The van der Waals surface area contributed by atoms with Crippen molar-refractivity contribution in [2.45, 2.75) is 39.0 Å². The predicted octanol–water partition coefficient (Wildman–Crippen LogP) is 2.88. The second kappa shape index (κ2) is 4.61. The zero-order valence-electron chi connectivity index (χ0n) is 9.51. The van der Waals surface area contributed by atoms with E-state index in [1.807, 2.05) is 0 Å². The second-order valence-electron chi connectivity index (χ2n) is 4.47. The molecule has 78 valence electrons. The van der Waals surface area contributed by atoms with Gasteiger partial charge in [0, 0.05) is 0 Å². The van der Waals surface area contributed by atoms with Crippen LogP contribution in [0.2, 0.25) is 0 Å². The van der Waals surface area contributed by atoms with Gasteiger partial charge in [-0.3, -0.25) is 0 Å². The number of hydrogen-bond donors (Lipinski definition) is 1.